The van der Waals surface area contributed by atoms with Crippen LogP contribution in [0.15, 0.2) is 24.3 Å². The summed E-state index contributed by atoms with van der Waals surface area (Å²) in [4.78, 5) is 0. The Morgan fingerprint density at radius 2 is 2.12 bits per heavy atom. The van der Waals surface area contributed by atoms with Crippen LogP contribution < -0.4 is 5.32 Å². The zero-order chi connectivity index (χ0) is 11.6. The van der Waals surface area contributed by atoms with Crippen molar-refractivity contribution in [1.82, 2.24) is 0 Å². The molecule has 2 N–H and O–H groups in total. The molecule has 2 unspecified atom stereocenters. The third-order valence-corrected chi connectivity index (χ3v) is 3.66. The van der Waals surface area contributed by atoms with E-state index in [0.717, 1.165) is 23.6 Å². The number of rotatable bonds is 3. The van der Waals surface area contributed by atoms with E-state index >= 15 is 0 Å². The van der Waals surface area contributed by atoms with Crippen molar-refractivity contribution in [3.8, 4) is 0 Å². The van der Waals surface area contributed by atoms with E-state index in [1.165, 1.54) is 6.42 Å². The van der Waals surface area contributed by atoms with Crippen molar-refractivity contribution in [2.45, 2.75) is 31.7 Å². The number of aliphatic hydroxyl groups is 1. The normalized spacial score (nSPS) is 29.3. The molecule has 0 aliphatic heterocycles. The molecule has 2 nitrogen and oxygen atoms in total. The second-order valence-electron chi connectivity index (χ2n) is 4.92. The fourth-order valence-electron chi connectivity index (χ4n) is 2.53. The number of anilines is 1. The van der Waals surface area contributed by atoms with Crippen molar-refractivity contribution in [3.05, 3.63) is 29.3 Å². The Morgan fingerprint density at radius 3 is 2.62 bits per heavy atom. The third kappa shape index (κ3) is 2.50. The van der Waals surface area contributed by atoms with Gasteiger partial charge in [0.1, 0.15) is 0 Å². The molecule has 0 aromatic heterocycles. The molecule has 88 valence electrons. The molecule has 1 aliphatic carbocycles. The predicted molar refractivity (Wildman–Crippen MR) is 67.9 cm³/mol. The van der Waals surface area contributed by atoms with Gasteiger partial charge in [-0.1, -0.05) is 18.5 Å². The fourth-order valence-corrected chi connectivity index (χ4v) is 2.66. The van der Waals surface area contributed by atoms with Crippen LogP contribution >= 0.6 is 11.6 Å². The van der Waals surface area contributed by atoms with E-state index in [9.17, 15) is 5.11 Å². The quantitative estimate of drug-likeness (QED) is 0.848. The first kappa shape index (κ1) is 11.7. The highest BCUT2D eigenvalue weighted by Crippen LogP contribution is 2.36. The summed E-state index contributed by atoms with van der Waals surface area (Å²) in [6.45, 7) is 2.43. The maximum atomic E-state index is 9.56. The smallest absolute Gasteiger partial charge is 0.0661 e. The Morgan fingerprint density at radius 1 is 1.44 bits per heavy atom. The molecule has 0 radical (unpaired) electrons. The zero-order valence-corrected chi connectivity index (χ0v) is 10.3. The van der Waals surface area contributed by atoms with Crippen LogP contribution in [0.3, 0.4) is 0 Å². The van der Waals surface area contributed by atoms with Gasteiger partial charge >= 0.3 is 0 Å². The van der Waals surface area contributed by atoms with Gasteiger partial charge in [-0.25, -0.2) is 0 Å². The lowest BCUT2D eigenvalue weighted by Crippen LogP contribution is -2.39. The Hall–Kier alpha value is -0.730. The highest BCUT2D eigenvalue weighted by Gasteiger charge is 2.36. The molecule has 0 bridgehead atoms. The molecule has 3 heteroatoms. The lowest BCUT2D eigenvalue weighted by atomic mass is 9.97. The van der Waals surface area contributed by atoms with Crippen molar-refractivity contribution < 1.29 is 5.11 Å². The van der Waals surface area contributed by atoms with Gasteiger partial charge in [0, 0.05) is 10.7 Å². The van der Waals surface area contributed by atoms with Gasteiger partial charge in [0.2, 0.25) is 0 Å². The van der Waals surface area contributed by atoms with Crippen LogP contribution in [0.5, 0.6) is 0 Å². The molecule has 2 rings (SSSR count). The third-order valence-electron chi connectivity index (χ3n) is 3.41. The second kappa shape index (κ2) is 4.64. The Bertz CT molecular complexity index is 351. The summed E-state index contributed by atoms with van der Waals surface area (Å²) in [5.74, 6) is 0.687. The molecule has 0 amide bonds. The van der Waals surface area contributed by atoms with Crippen LogP contribution in [0, 0.1) is 5.92 Å². The topological polar surface area (TPSA) is 32.3 Å². The van der Waals surface area contributed by atoms with E-state index in [4.69, 9.17) is 11.6 Å². The largest absolute Gasteiger partial charge is 0.394 e. The minimum Gasteiger partial charge on any atom is -0.394 e. The SMILES string of the molecule is CC1CCC(CO)(Nc2ccc(Cl)cc2)C1. The average molecular weight is 240 g/mol. The standard InChI is InChI=1S/C13H18ClNO/c1-10-6-7-13(8-10,9-16)15-12-4-2-11(14)3-5-12/h2-5,10,15-16H,6-9H2,1H3. The van der Waals surface area contributed by atoms with E-state index < -0.39 is 0 Å². The van der Waals surface area contributed by atoms with Crippen molar-refractivity contribution in [2.24, 2.45) is 5.92 Å². The number of hydrogen-bond donors (Lipinski definition) is 2. The molecule has 1 saturated carbocycles. The van der Waals surface area contributed by atoms with Crippen LogP contribution in [0.25, 0.3) is 0 Å². The molecule has 0 spiro atoms. The van der Waals surface area contributed by atoms with Crippen LogP contribution in [0.1, 0.15) is 26.2 Å². The number of benzene rings is 1. The Labute approximate surface area is 102 Å². The van der Waals surface area contributed by atoms with Crippen LogP contribution in [-0.2, 0) is 0 Å². The number of hydrogen-bond acceptors (Lipinski definition) is 2. The number of nitrogens with one attached hydrogen (secondary N) is 1. The van der Waals surface area contributed by atoms with Crippen LogP contribution in [-0.4, -0.2) is 17.3 Å². The average Bonchev–Trinajstić information content (AvgIpc) is 2.64. The summed E-state index contributed by atoms with van der Waals surface area (Å²) < 4.78 is 0. The van der Waals surface area contributed by atoms with Gasteiger partial charge in [0.25, 0.3) is 0 Å². The highest BCUT2D eigenvalue weighted by molar-refractivity contribution is 6.30. The first-order valence-corrected chi connectivity index (χ1v) is 6.16. The molecule has 1 fully saturated rings. The van der Waals surface area contributed by atoms with Crippen molar-refractivity contribution in [1.29, 1.82) is 0 Å². The van der Waals surface area contributed by atoms with Gasteiger partial charge in [-0.15, -0.1) is 0 Å². The molecule has 1 aliphatic rings. The van der Waals surface area contributed by atoms with E-state index in [1.54, 1.807) is 0 Å². The molecule has 1 aromatic carbocycles. The van der Waals surface area contributed by atoms with E-state index in [1.807, 2.05) is 24.3 Å². The second-order valence-corrected chi connectivity index (χ2v) is 5.35. The predicted octanol–water partition coefficient (Wildman–Crippen LogP) is 3.30. The number of aliphatic hydroxyl groups excluding tert-OH is 1. The minimum absolute atomic E-state index is 0.132. The van der Waals surface area contributed by atoms with Gasteiger partial charge in [0.05, 0.1) is 12.1 Å². The molecule has 0 heterocycles. The minimum atomic E-state index is -0.132. The van der Waals surface area contributed by atoms with Crippen molar-refractivity contribution >= 4 is 17.3 Å². The number of halogens is 1. The maximum Gasteiger partial charge on any atom is 0.0661 e. The molecule has 1 aromatic rings. The molecule has 16 heavy (non-hydrogen) atoms. The molecular weight excluding hydrogens is 222 g/mol. The fraction of sp³-hybridized carbons (Fsp3) is 0.538. The monoisotopic (exact) mass is 239 g/mol. The van der Waals surface area contributed by atoms with E-state index in [0.29, 0.717) is 5.92 Å². The summed E-state index contributed by atoms with van der Waals surface area (Å²) in [6.07, 6.45) is 3.25. The molecule has 0 saturated heterocycles. The zero-order valence-electron chi connectivity index (χ0n) is 9.54. The Balaban J connectivity index is 2.10. The van der Waals surface area contributed by atoms with E-state index in [-0.39, 0.29) is 12.1 Å². The first-order chi connectivity index (χ1) is 7.63. The van der Waals surface area contributed by atoms with Crippen molar-refractivity contribution in [3.63, 3.8) is 0 Å². The van der Waals surface area contributed by atoms with Gasteiger partial charge in [-0.05, 0) is 49.4 Å². The lowest BCUT2D eigenvalue weighted by molar-refractivity contribution is 0.211. The summed E-state index contributed by atoms with van der Waals surface area (Å²) in [7, 11) is 0. The first-order valence-electron chi connectivity index (χ1n) is 5.78. The van der Waals surface area contributed by atoms with Crippen LogP contribution in [0.2, 0.25) is 5.02 Å². The summed E-state index contributed by atoms with van der Waals surface area (Å²) in [6, 6.07) is 7.66. The van der Waals surface area contributed by atoms with Crippen molar-refractivity contribution in [2.75, 3.05) is 11.9 Å². The summed E-state index contributed by atoms with van der Waals surface area (Å²) in [5, 5.41) is 13.8. The summed E-state index contributed by atoms with van der Waals surface area (Å²) in [5.41, 5.74) is 0.903. The summed E-state index contributed by atoms with van der Waals surface area (Å²) >= 11 is 5.84. The van der Waals surface area contributed by atoms with E-state index in [2.05, 4.69) is 12.2 Å². The van der Waals surface area contributed by atoms with Gasteiger partial charge in [-0.2, -0.15) is 0 Å². The lowest BCUT2D eigenvalue weighted by Gasteiger charge is -2.29. The van der Waals surface area contributed by atoms with Crippen LogP contribution in [0.4, 0.5) is 5.69 Å². The van der Waals surface area contributed by atoms with Gasteiger partial charge < -0.3 is 10.4 Å². The molecule has 2 atom stereocenters. The molecular formula is C13H18ClNO. The Kier molecular flexibility index (Phi) is 3.41. The van der Waals surface area contributed by atoms with Gasteiger partial charge in [0.15, 0.2) is 0 Å². The van der Waals surface area contributed by atoms with Gasteiger partial charge in [-0.3, -0.25) is 0 Å². The highest BCUT2D eigenvalue weighted by atomic mass is 35.5. The maximum absolute atomic E-state index is 9.56.